The van der Waals surface area contributed by atoms with Gasteiger partial charge in [-0.2, -0.15) is 0 Å². The van der Waals surface area contributed by atoms with Crippen LogP contribution in [0.25, 0.3) is 0 Å². The topological polar surface area (TPSA) is 98.7 Å². The molecule has 0 aromatic carbocycles. The number of aliphatic carboxylic acids is 1. The van der Waals surface area contributed by atoms with Gasteiger partial charge in [-0.3, -0.25) is 9.59 Å². The van der Waals surface area contributed by atoms with Crippen LogP contribution in [0, 0.1) is 5.41 Å². The lowest BCUT2D eigenvalue weighted by molar-refractivity contribution is -0.148. The summed E-state index contributed by atoms with van der Waals surface area (Å²) in [6, 6.07) is 0.0401. The van der Waals surface area contributed by atoms with Gasteiger partial charge in [-0.15, -0.1) is 0 Å². The molecular weight excluding hydrogens is 274 g/mol. The monoisotopic (exact) mass is 297 g/mol. The van der Waals surface area contributed by atoms with E-state index < -0.39 is 11.4 Å². The van der Waals surface area contributed by atoms with Gasteiger partial charge in [-0.05, 0) is 25.7 Å². The van der Waals surface area contributed by atoms with E-state index in [1.165, 1.54) is 4.90 Å². The van der Waals surface area contributed by atoms with Crippen molar-refractivity contribution < 1.29 is 19.5 Å². The number of nitrogens with one attached hydrogen (secondary N) is 2. The standard InChI is InChI=1S/C14H23N3O4/c1-2-14(12(19)20)6-8-17(9-14)13(21)15-7-5-11(18)16-10-3-4-10/h10H,2-9H2,1H3,(H,15,21)(H,16,18)(H,19,20). The molecule has 21 heavy (non-hydrogen) atoms. The van der Waals surface area contributed by atoms with Crippen molar-refractivity contribution in [2.45, 2.75) is 45.1 Å². The second kappa shape index (κ2) is 6.32. The lowest BCUT2D eigenvalue weighted by atomic mass is 9.84. The van der Waals surface area contributed by atoms with Gasteiger partial charge in [0.15, 0.2) is 0 Å². The van der Waals surface area contributed by atoms with E-state index >= 15 is 0 Å². The van der Waals surface area contributed by atoms with E-state index in [1.54, 1.807) is 0 Å². The van der Waals surface area contributed by atoms with E-state index in [2.05, 4.69) is 10.6 Å². The number of carbonyl (C=O) groups is 3. The van der Waals surface area contributed by atoms with Crippen LogP contribution in [0.15, 0.2) is 0 Å². The molecule has 3 N–H and O–H groups in total. The highest BCUT2D eigenvalue weighted by Gasteiger charge is 2.44. The van der Waals surface area contributed by atoms with Crippen LogP contribution in [0.2, 0.25) is 0 Å². The van der Waals surface area contributed by atoms with Crippen molar-refractivity contribution in [1.82, 2.24) is 15.5 Å². The second-order valence-electron chi connectivity index (χ2n) is 5.93. The van der Waals surface area contributed by atoms with Crippen LogP contribution in [-0.2, 0) is 9.59 Å². The zero-order valence-electron chi connectivity index (χ0n) is 12.4. The molecule has 2 aliphatic rings. The van der Waals surface area contributed by atoms with Crippen molar-refractivity contribution in [2.75, 3.05) is 19.6 Å². The summed E-state index contributed by atoms with van der Waals surface area (Å²) in [7, 11) is 0. The molecule has 118 valence electrons. The summed E-state index contributed by atoms with van der Waals surface area (Å²) >= 11 is 0. The highest BCUT2D eigenvalue weighted by Crippen LogP contribution is 2.34. The maximum atomic E-state index is 12.0. The number of hydrogen-bond acceptors (Lipinski definition) is 3. The molecule has 7 nitrogen and oxygen atoms in total. The molecule has 1 saturated carbocycles. The minimum Gasteiger partial charge on any atom is -0.481 e. The first kappa shape index (κ1) is 15.6. The zero-order valence-corrected chi connectivity index (χ0v) is 12.4. The number of carbonyl (C=O) groups excluding carboxylic acids is 2. The summed E-state index contributed by atoms with van der Waals surface area (Å²) in [4.78, 5) is 36.3. The van der Waals surface area contributed by atoms with Gasteiger partial charge in [0.25, 0.3) is 0 Å². The fourth-order valence-corrected chi connectivity index (χ4v) is 2.58. The summed E-state index contributed by atoms with van der Waals surface area (Å²) in [5.41, 5.74) is -0.819. The molecule has 0 bridgehead atoms. The molecule has 0 aromatic heterocycles. The van der Waals surface area contributed by atoms with E-state index in [9.17, 15) is 19.5 Å². The Morgan fingerprint density at radius 3 is 2.57 bits per heavy atom. The maximum absolute atomic E-state index is 12.0. The van der Waals surface area contributed by atoms with Crippen molar-refractivity contribution in [3.05, 3.63) is 0 Å². The number of rotatable bonds is 6. The molecule has 1 aliphatic carbocycles. The van der Waals surface area contributed by atoms with Gasteiger partial charge in [0.05, 0.1) is 5.41 Å². The lowest BCUT2D eigenvalue weighted by Gasteiger charge is -2.23. The Kier molecular flexibility index (Phi) is 4.69. The molecule has 1 aliphatic heterocycles. The van der Waals surface area contributed by atoms with Crippen LogP contribution in [0.1, 0.15) is 39.0 Å². The van der Waals surface area contributed by atoms with Crippen LogP contribution in [0.4, 0.5) is 4.79 Å². The molecule has 0 aromatic rings. The summed E-state index contributed by atoms with van der Waals surface area (Å²) in [5, 5.41) is 14.8. The van der Waals surface area contributed by atoms with E-state index in [0.717, 1.165) is 12.8 Å². The number of amides is 3. The Labute approximate surface area is 124 Å². The third kappa shape index (κ3) is 3.86. The molecule has 1 heterocycles. The predicted octanol–water partition coefficient (Wildman–Crippen LogP) is 0.551. The first-order valence-corrected chi connectivity index (χ1v) is 7.52. The molecule has 0 radical (unpaired) electrons. The Balaban J connectivity index is 1.71. The Bertz CT molecular complexity index is 436. The third-order valence-electron chi connectivity index (χ3n) is 4.34. The summed E-state index contributed by atoms with van der Waals surface area (Å²) in [6.45, 7) is 2.79. The Hall–Kier alpha value is -1.79. The average Bonchev–Trinajstić information content (AvgIpc) is 3.13. The molecule has 7 heteroatoms. The molecule has 1 saturated heterocycles. The lowest BCUT2D eigenvalue weighted by Crippen LogP contribution is -2.42. The molecular formula is C14H23N3O4. The summed E-state index contributed by atoms with van der Waals surface area (Å²) in [6.07, 6.45) is 3.33. The van der Waals surface area contributed by atoms with Gasteiger partial charge < -0.3 is 20.6 Å². The number of likely N-dealkylation sites (tertiary alicyclic amines) is 1. The van der Waals surface area contributed by atoms with Gasteiger partial charge >= 0.3 is 12.0 Å². The van der Waals surface area contributed by atoms with Crippen molar-refractivity contribution in [3.63, 3.8) is 0 Å². The van der Waals surface area contributed by atoms with Crippen LogP contribution >= 0.6 is 0 Å². The maximum Gasteiger partial charge on any atom is 0.317 e. The first-order chi connectivity index (χ1) is 9.97. The van der Waals surface area contributed by atoms with Crippen LogP contribution in [0.5, 0.6) is 0 Å². The van der Waals surface area contributed by atoms with Crippen molar-refractivity contribution in [3.8, 4) is 0 Å². The summed E-state index contributed by atoms with van der Waals surface area (Å²) in [5.74, 6) is -0.892. The number of carboxylic acids is 1. The minimum atomic E-state index is -0.843. The van der Waals surface area contributed by atoms with E-state index in [1.807, 2.05) is 6.92 Å². The molecule has 1 unspecified atom stereocenters. The molecule has 3 amide bonds. The smallest absolute Gasteiger partial charge is 0.317 e. The normalized spacial score (nSPS) is 24.7. The van der Waals surface area contributed by atoms with E-state index in [0.29, 0.717) is 25.4 Å². The molecule has 0 spiro atoms. The minimum absolute atomic E-state index is 0.0485. The Morgan fingerprint density at radius 1 is 1.33 bits per heavy atom. The number of nitrogens with zero attached hydrogens (tertiary/aromatic N) is 1. The third-order valence-corrected chi connectivity index (χ3v) is 4.34. The van der Waals surface area contributed by atoms with Crippen molar-refractivity contribution >= 4 is 17.9 Å². The van der Waals surface area contributed by atoms with Gasteiger partial charge in [-0.25, -0.2) is 4.79 Å². The van der Waals surface area contributed by atoms with E-state index in [-0.39, 0.29) is 31.4 Å². The molecule has 1 atom stereocenters. The van der Waals surface area contributed by atoms with Gasteiger partial charge in [0.1, 0.15) is 0 Å². The van der Waals surface area contributed by atoms with E-state index in [4.69, 9.17) is 0 Å². The van der Waals surface area contributed by atoms with Crippen LogP contribution in [-0.4, -0.2) is 53.6 Å². The second-order valence-corrected chi connectivity index (χ2v) is 5.93. The van der Waals surface area contributed by atoms with Crippen molar-refractivity contribution in [2.24, 2.45) is 5.41 Å². The zero-order chi connectivity index (χ0) is 15.5. The SMILES string of the molecule is CCC1(C(=O)O)CCN(C(=O)NCCC(=O)NC2CC2)C1. The van der Waals surface area contributed by atoms with Gasteiger partial charge in [0, 0.05) is 32.1 Å². The fourth-order valence-electron chi connectivity index (χ4n) is 2.58. The van der Waals surface area contributed by atoms with Crippen molar-refractivity contribution in [1.29, 1.82) is 0 Å². The fraction of sp³-hybridized carbons (Fsp3) is 0.786. The number of carboxylic acid groups (broad SMARTS) is 1. The number of hydrogen-bond donors (Lipinski definition) is 3. The quantitative estimate of drug-likeness (QED) is 0.667. The van der Waals surface area contributed by atoms with Gasteiger partial charge in [0.2, 0.25) is 5.91 Å². The highest BCUT2D eigenvalue weighted by molar-refractivity contribution is 5.81. The largest absolute Gasteiger partial charge is 0.481 e. The summed E-state index contributed by atoms with van der Waals surface area (Å²) < 4.78 is 0. The van der Waals surface area contributed by atoms with Crippen LogP contribution < -0.4 is 10.6 Å². The first-order valence-electron chi connectivity index (χ1n) is 7.52. The molecule has 2 rings (SSSR count). The van der Waals surface area contributed by atoms with Crippen LogP contribution in [0.3, 0.4) is 0 Å². The molecule has 2 fully saturated rings. The Morgan fingerprint density at radius 2 is 2.05 bits per heavy atom. The highest BCUT2D eigenvalue weighted by atomic mass is 16.4. The average molecular weight is 297 g/mol. The van der Waals surface area contributed by atoms with Gasteiger partial charge in [-0.1, -0.05) is 6.92 Å². The predicted molar refractivity (Wildman–Crippen MR) is 75.7 cm³/mol. The number of urea groups is 1.